The van der Waals surface area contributed by atoms with Crippen LogP contribution in [0.3, 0.4) is 0 Å². The van der Waals surface area contributed by atoms with Crippen molar-refractivity contribution < 1.29 is 22.8 Å². The molecule has 1 fully saturated rings. The Morgan fingerprint density at radius 2 is 1.88 bits per heavy atom. The van der Waals surface area contributed by atoms with E-state index in [4.69, 9.17) is 5.73 Å². The highest BCUT2D eigenvalue weighted by molar-refractivity contribution is 5.97. The van der Waals surface area contributed by atoms with Crippen molar-refractivity contribution in [2.75, 3.05) is 18.4 Å². The smallest absolute Gasteiger partial charge is 0.332 e. The van der Waals surface area contributed by atoms with Gasteiger partial charge in [-0.15, -0.1) is 12.4 Å². The molecule has 1 aliphatic rings. The zero-order valence-corrected chi connectivity index (χ0v) is 13.8. The maximum atomic E-state index is 12.9. The number of amides is 2. The van der Waals surface area contributed by atoms with E-state index < -0.39 is 23.2 Å². The van der Waals surface area contributed by atoms with Gasteiger partial charge in [0, 0.05) is 6.54 Å². The number of anilines is 1. The predicted molar refractivity (Wildman–Crippen MR) is 85.7 cm³/mol. The van der Waals surface area contributed by atoms with Crippen molar-refractivity contribution in [3.05, 3.63) is 29.8 Å². The van der Waals surface area contributed by atoms with E-state index in [0.29, 0.717) is 12.8 Å². The van der Waals surface area contributed by atoms with Crippen LogP contribution in [0.15, 0.2) is 24.3 Å². The molecule has 134 valence electrons. The van der Waals surface area contributed by atoms with Crippen LogP contribution >= 0.6 is 12.4 Å². The van der Waals surface area contributed by atoms with Gasteiger partial charge in [0.2, 0.25) is 11.8 Å². The first-order valence-corrected chi connectivity index (χ1v) is 7.22. The van der Waals surface area contributed by atoms with E-state index >= 15 is 0 Å². The number of benzene rings is 1. The molecule has 0 saturated heterocycles. The summed E-state index contributed by atoms with van der Waals surface area (Å²) in [4.78, 5) is 25.4. The van der Waals surface area contributed by atoms with E-state index in [2.05, 4.69) is 5.32 Å². The topological polar surface area (TPSA) is 75.4 Å². The fraction of sp³-hybridized carbons (Fsp3) is 0.467. The summed E-state index contributed by atoms with van der Waals surface area (Å²) in [5.41, 5.74) is 3.63. The van der Waals surface area contributed by atoms with E-state index in [1.807, 2.05) is 0 Å². The van der Waals surface area contributed by atoms with Gasteiger partial charge >= 0.3 is 6.18 Å². The first-order chi connectivity index (χ1) is 10.7. The Hall–Kier alpha value is -1.80. The largest absolute Gasteiger partial charge is 0.418 e. The number of nitrogens with zero attached hydrogens (tertiary/aromatic N) is 1. The molecule has 2 amide bonds. The van der Waals surface area contributed by atoms with Gasteiger partial charge in [0.05, 0.1) is 23.3 Å². The third-order valence-corrected chi connectivity index (χ3v) is 3.72. The minimum absolute atomic E-state index is 0. The first-order valence-electron chi connectivity index (χ1n) is 7.22. The molecule has 0 aromatic heterocycles. The fourth-order valence-corrected chi connectivity index (χ4v) is 2.19. The van der Waals surface area contributed by atoms with Crippen LogP contribution in [0, 0.1) is 0 Å². The number of halogens is 4. The average molecular weight is 366 g/mol. The van der Waals surface area contributed by atoms with Crippen LogP contribution in [-0.4, -0.2) is 35.3 Å². The van der Waals surface area contributed by atoms with Gasteiger partial charge in [0.1, 0.15) is 0 Å². The Kier molecular flexibility index (Phi) is 6.24. The molecule has 3 N–H and O–H groups in total. The number of likely N-dealkylation sites (N-methyl/N-ethyl adjacent to an activating group) is 1. The van der Waals surface area contributed by atoms with E-state index in [0.717, 1.165) is 6.07 Å². The van der Waals surface area contributed by atoms with E-state index in [1.54, 1.807) is 6.92 Å². The maximum absolute atomic E-state index is 12.9. The molecule has 0 spiro atoms. The van der Waals surface area contributed by atoms with Crippen molar-refractivity contribution in [3.8, 4) is 0 Å². The summed E-state index contributed by atoms with van der Waals surface area (Å²) in [6.07, 6.45) is -3.46. The van der Waals surface area contributed by atoms with Crippen molar-refractivity contribution in [1.29, 1.82) is 0 Å². The Balaban J connectivity index is 0.00000288. The van der Waals surface area contributed by atoms with Gasteiger partial charge in [0.15, 0.2) is 0 Å². The lowest BCUT2D eigenvalue weighted by molar-refractivity contribution is -0.138. The zero-order valence-electron chi connectivity index (χ0n) is 13.0. The number of hydrogen-bond donors (Lipinski definition) is 2. The molecule has 0 unspecified atom stereocenters. The lowest BCUT2D eigenvalue weighted by atomic mass is 10.1. The number of carbonyl (C=O) groups excluding carboxylic acids is 2. The SMILES string of the molecule is CCN(CC(=O)Nc1ccccc1C(F)(F)F)C(=O)C1(N)CC1.Cl. The molecule has 0 bridgehead atoms. The maximum Gasteiger partial charge on any atom is 0.418 e. The van der Waals surface area contributed by atoms with Crippen LogP contribution in [0.25, 0.3) is 0 Å². The fourth-order valence-electron chi connectivity index (χ4n) is 2.19. The molecule has 5 nitrogen and oxygen atoms in total. The van der Waals surface area contributed by atoms with Crippen molar-refractivity contribution in [1.82, 2.24) is 4.90 Å². The normalized spacial score (nSPS) is 15.2. The molecule has 2 rings (SSSR count). The lowest BCUT2D eigenvalue weighted by Crippen LogP contribution is -2.48. The van der Waals surface area contributed by atoms with Crippen LogP contribution in [-0.2, 0) is 15.8 Å². The highest BCUT2D eigenvalue weighted by atomic mass is 35.5. The predicted octanol–water partition coefficient (Wildman–Crippen LogP) is 2.41. The second-order valence-corrected chi connectivity index (χ2v) is 5.57. The van der Waals surface area contributed by atoms with E-state index in [-0.39, 0.29) is 37.1 Å². The van der Waals surface area contributed by atoms with Crippen molar-refractivity contribution in [2.24, 2.45) is 5.73 Å². The Bertz CT molecular complexity index is 618. The summed E-state index contributed by atoms with van der Waals surface area (Å²) in [5, 5.41) is 2.21. The quantitative estimate of drug-likeness (QED) is 0.841. The second-order valence-electron chi connectivity index (χ2n) is 5.57. The monoisotopic (exact) mass is 365 g/mol. The van der Waals surface area contributed by atoms with Crippen molar-refractivity contribution in [3.63, 3.8) is 0 Å². The van der Waals surface area contributed by atoms with Gasteiger partial charge in [0.25, 0.3) is 0 Å². The molecule has 0 aliphatic heterocycles. The highest BCUT2D eigenvalue weighted by Gasteiger charge is 2.48. The van der Waals surface area contributed by atoms with E-state index in [1.165, 1.54) is 23.1 Å². The molecule has 0 atom stereocenters. The first kappa shape index (κ1) is 20.2. The van der Waals surface area contributed by atoms with Crippen molar-refractivity contribution in [2.45, 2.75) is 31.5 Å². The third kappa shape index (κ3) is 4.61. The molecule has 1 aromatic carbocycles. The number of para-hydroxylation sites is 1. The van der Waals surface area contributed by atoms with E-state index in [9.17, 15) is 22.8 Å². The van der Waals surface area contributed by atoms with Gasteiger partial charge in [-0.1, -0.05) is 12.1 Å². The Labute approximate surface area is 143 Å². The summed E-state index contributed by atoms with van der Waals surface area (Å²) < 4.78 is 38.7. The number of nitrogens with one attached hydrogen (secondary N) is 1. The van der Waals surface area contributed by atoms with Crippen LogP contribution in [0.2, 0.25) is 0 Å². The van der Waals surface area contributed by atoms with Crippen LogP contribution in [0.5, 0.6) is 0 Å². The zero-order chi connectivity index (χ0) is 17.3. The molecular formula is C15H19ClF3N3O2. The van der Waals surface area contributed by atoms with Gasteiger partial charge in [-0.3, -0.25) is 9.59 Å². The number of rotatable bonds is 5. The standard InChI is InChI=1S/C15H18F3N3O2.ClH/c1-2-21(13(23)14(19)7-8-14)9-12(22)20-11-6-4-3-5-10(11)15(16,17)18;/h3-6H,2,7-9,19H2,1H3,(H,20,22);1H. The van der Waals surface area contributed by atoms with Crippen molar-refractivity contribution >= 4 is 29.9 Å². The molecular weight excluding hydrogens is 347 g/mol. The van der Waals surface area contributed by atoms with Gasteiger partial charge in [-0.05, 0) is 31.9 Å². The Morgan fingerprint density at radius 1 is 1.29 bits per heavy atom. The molecule has 9 heteroatoms. The average Bonchev–Trinajstić information content (AvgIpc) is 3.22. The molecule has 1 aromatic rings. The number of nitrogens with two attached hydrogens (primary N) is 1. The summed E-state index contributed by atoms with van der Waals surface area (Å²) >= 11 is 0. The minimum atomic E-state index is -4.57. The van der Waals surface area contributed by atoms with Gasteiger partial charge in [-0.2, -0.15) is 13.2 Å². The second kappa shape index (κ2) is 7.40. The number of hydrogen-bond acceptors (Lipinski definition) is 3. The molecule has 24 heavy (non-hydrogen) atoms. The summed E-state index contributed by atoms with van der Waals surface area (Å²) in [7, 11) is 0. The lowest BCUT2D eigenvalue weighted by Gasteiger charge is -2.24. The summed E-state index contributed by atoms with van der Waals surface area (Å²) in [6, 6.07) is 4.69. The summed E-state index contributed by atoms with van der Waals surface area (Å²) in [5.74, 6) is -1.04. The van der Waals surface area contributed by atoms with Gasteiger partial charge < -0.3 is 16.0 Å². The molecule has 0 radical (unpaired) electrons. The molecule has 0 heterocycles. The Morgan fingerprint density at radius 3 is 2.38 bits per heavy atom. The molecule has 1 saturated carbocycles. The van der Waals surface area contributed by atoms with Crippen LogP contribution in [0.1, 0.15) is 25.3 Å². The van der Waals surface area contributed by atoms with Crippen LogP contribution < -0.4 is 11.1 Å². The molecule has 1 aliphatic carbocycles. The van der Waals surface area contributed by atoms with Gasteiger partial charge in [-0.25, -0.2) is 0 Å². The number of alkyl halides is 3. The van der Waals surface area contributed by atoms with Crippen LogP contribution in [0.4, 0.5) is 18.9 Å². The summed E-state index contributed by atoms with van der Waals surface area (Å²) in [6.45, 7) is 1.60. The third-order valence-electron chi connectivity index (χ3n) is 3.72. The minimum Gasteiger partial charge on any atom is -0.332 e. The number of carbonyl (C=O) groups is 2. The highest BCUT2D eigenvalue weighted by Crippen LogP contribution is 2.35.